The van der Waals surface area contributed by atoms with E-state index in [1.54, 1.807) is 0 Å². The molecule has 0 radical (unpaired) electrons. The van der Waals surface area contributed by atoms with Crippen molar-refractivity contribution < 1.29 is 9.90 Å². The molecule has 66 valence electrons. The lowest BCUT2D eigenvalue weighted by Gasteiger charge is -2.07. The van der Waals surface area contributed by atoms with Crippen LogP contribution in [0.2, 0.25) is 0 Å². The van der Waals surface area contributed by atoms with E-state index in [-0.39, 0.29) is 5.78 Å². The average molecular weight is 158 g/mol. The molecule has 2 heteroatoms. The summed E-state index contributed by atoms with van der Waals surface area (Å²) >= 11 is 0. The first kappa shape index (κ1) is 10.6. The van der Waals surface area contributed by atoms with Crippen molar-refractivity contribution in [1.82, 2.24) is 0 Å². The molecular formula is C9H18O2. The van der Waals surface area contributed by atoms with E-state index in [1.165, 1.54) is 6.92 Å². The molecule has 0 fully saturated rings. The lowest BCUT2D eigenvalue weighted by molar-refractivity contribution is -0.126. The summed E-state index contributed by atoms with van der Waals surface area (Å²) in [5.74, 6) is 0.558. The van der Waals surface area contributed by atoms with Gasteiger partial charge in [0.2, 0.25) is 0 Å². The maximum atomic E-state index is 10.9. The van der Waals surface area contributed by atoms with E-state index in [0.717, 1.165) is 12.8 Å². The van der Waals surface area contributed by atoms with Gasteiger partial charge in [0, 0.05) is 6.42 Å². The number of ketones is 1. The Bertz CT molecular complexity index is 119. The largest absolute Gasteiger partial charge is 0.386 e. The van der Waals surface area contributed by atoms with E-state index >= 15 is 0 Å². The molecule has 0 aromatic carbocycles. The van der Waals surface area contributed by atoms with E-state index in [1.807, 2.05) is 0 Å². The SMILES string of the molecule is CCC(C)CCC(=O)C(C)O. The van der Waals surface area contributed by atoms with Gasteiger partial charge in [0.1, 0.15) is 6.10 Å². The minimum atomic E-state index is -0.779. The fourth-order valence-corrected chi connectivity index (χ4v) is 0.802. The van der Waals surface area contributed by atoms with Crippen LogP contribution < -0.4 is 0 Å². The first-order valence-corrected chi connectivity index (χ1v) is 4.28. The number of carbonyl (C=O) groups is 1. The third-order valence-electron chi connectivity index (χ3n) is 2.05. The summed E-state index contributed by atoms with van der Waals surface area (Å²) in [4.78, 5) is 10.9. The number of hydrogen-bond acceptors (Lipinski definition) is 2. The molecule has 0 aliphatic carbocycles. The Morgan fingerprint density at radius 2 is 2.00 bits per heavy atom. The first-order valence-electron chi connectivity index (χ1n) is 4.28. The molecule has 1 N–H and O–H groups in total. The van der Waals surface area contributed by atoms with Crippen LogP contribution in [0, 0.1) is 5.92 Å². The Morgan fingerprint density at radius 1 is 1.45 bits per heavy atom. The van der Waals surface area contributed by atoms with Gasteiger partial charge in [-0.3, -0.25) is 4.79 Å². The van der Waals surface area contributed by atoms with Crippen LogP contribution in [0.15, 0.2) is 0 Å². The Morgan fingerprint density at radius 3 is 2.36 bits per heavy atom. The number of carbonyl (C=O) groups excluding carboxylic acids is 1. The van der Waals surface area contributed by atoms with E-state index in [2.05, 4.69) is 13.8 Å². The predicted molar refractivity (Wildman–Crippen MR) is 45.4 cm³/mol. The van der Waals surface area contributed by atoms with E-state index < -0.39 is 6.10 Å². The summed E-state index contributed by atoms with van der Waals surface area (Å²) in [6.45, 7) is 5.76. The molecule has 0 heterocycles. The van der Waals surface area contributed by atoms with Gasteiger partial charge in [-0.1, -0.05) is 20.3 Å². The van der Waals surface area contributed by atoms with Gasteiger partial charge in [0.15, 0.2) is 5.78 Å². The highest BCUT2D eigenvalue weighted by Crippen LogP contribution is 2.10. The van der Waals surface area contributed by atoms with E-state index in [4.69, 9.17) is 5.11 Å². The summed E-state index contributed by atoms with van der Waals surface area (Å²) in [6, 6.07) is 0. The Hall–Kier alpha value is -0.370. The molecule has 2 atom stereocenters. The average Bonchev–Trinajstić information content (AvgIpc) is 1.99. The summed E-state index contributed by atoms with van der Waals surface area (Å²) in [5, 5.41) is 8.86. The molecule has 0 amide bonds. The molecular weight excluding hydrogens is 140 g/mol. The van der Waals surface area contributed by atoms with Crippen LogP contribution in [0.5, 0.6) is 0 Å². The van der Waals surface area contributed by atoms with Crippen LogP contribution in [0.4, 0.5) is 0 Å². The number of aliphatic hydroxyl groups excluding tert-OH is 1. The highest BCUT2D eigenvalue weighted by molar-refractivity contribution is 5.82. The molecule has 0 aromatic heterocycles. The van der Waals surface area contributed by atoms with Crippen LogP contribution in [0.3, 0.4) is 0 Å². The summed E-state index contributed by atoms with van der Waals surface area (Å²) in [6.07, 6.45) is 1.75. The Kier molecular flexibility index (Phi) is 5.12. The molecule has 11 heavy (non-hydrogen) atoms. The number of hydrogen-bond donors (Lipinski definition) is 1. The Balaban J connectivity index is 3.46. The highest BCUT2D eigenvalue weighted by Gasteiger charge is 2.09. The number of rotatable bonds is 5. The quantitative estimate of drug-likeness (QED) is 0.662. The van der Waals surface area contributed by atoms with Crippen molar-refractivity contribution >= 4 is 5.78 Å². The van der Waals surface area contributed by atoms with Crippen LogP contribution >= 0.6 is 0 Å². The summed E-state index contributed by atoms with van der Waals surface area (Å²) < 4.78 is 0. The van der Waals surface area contributed by atoms with Gasteiger partial charge in [0.05, 0.1) is 0 Å². The fraction of sp³-hybridized carbons (Fsp3) is 0.889. The predicted octanol–water partition coefficient (Wildman–Crippen LogP) is 1.76. The zero-order chi connectivity index (χ0) is 8.85. The van der Waals surface area contributed by atoms with E-state index in [0.29, 0.717) is 12.3 Å². The maximum absolute atomic E-state index is 10.9. The maximum Gasteiger partial charge on any atom is 0.160 e. The second-order valence-electron chi connectivity index (χ2n) is 3.19. The van der Waals surface area contributed by atoms with Gasteiger partial charge < -0.3 is 5.11 Å². The van der Waals surface area contributed by atoms with Crippen molar-refractivity contribution in [3.63, 3.8) is 0 Å². The lowest BCUT2D eigenvalue weighted by atomic mass is 10.00. The van der Waals surface area contributed by atoms with Gasteiger partial charge in [0.25, 0.3) is 0 Å². The van der Waals surface area contributed by atoms with E-state index in [9.17, 15) is 4.79 Å². The second kappa shape index (κ2) is 5.30. The lowest BCUT2D eigenvalue weighted by Crippen LogP contribution is -2.16. The van der Waals surface area contributed by atoms with Crippen LogP contribution in [0.1, 0.15) is 40.0 Å². The number of Topliss-reactive ketones (excluding diaryl/α,β-unsaturated/α-hetero) is 1. The van der Waals surface area contributed by atoms with Crippen molar-refractivity contribution in [2.24, 2.45) is 5.92 Å². The highest BCUT2D eigenvalue weighted by atomic mass is 16.3. The smallest absolute Gasteiger partial charge is 0.160 e. The molecule has 2 nitrogen and oxygen atoms in total. The minimum Gasteiger partial charge on any atom is -0.386 e. The van der Waals surface area contributed by atoms with Crippen molar-refractivity contribution in [2.45, 2.75) is 46.1 Å². The molecule has 0 rings (SSSR count). The third-order valence-corrected chi connectivity index (χ3v) is 2.05. The standard InChI is InChI=1S/C9H18O2/c1-4-7(2)5-6-9(11)8(3)10/h7-8,10H,4-6H2,1-3H3. The Labute approximate surface area is 68.6 Å². The molecule has 0 bridgehead atoms. The molecule has 0 saturated heterocycles. The normalized spacial score (nSPS) is 16.0. The van der Waals surface area contributed by atoms with Crippen molar-refractivity contribution in [1.29, 1.82) is 0 Å². The summed E-state index contributed by atoms with van der Waals surface area (Å²) in [7, 11) is 0. The number of aliphatic hydroxyl groups is 1. The summed E-state index contributed by atoms with van der Waals surface area (Å²) in [5.41, 5.74) is 0. The van der Waals surface area contributed by atoms with Crippen molar-refractivity contribution in [3.8, 4) is 0 Å². The zero-order valence-electron chi connectivity index (χ0n) is 7.63. The molecule has 0 saturated carbocycles. The molecule has 2 unspecified atom stereocenters. The van der Waals surface area contributed by atoms with Crippen LogP contribution in [-0.2, 0) is 4.79 Å². The van der Waals surface area contributed by atoms with Crippen molar-refractivity contribution in [3.05, 3.63) is 0 Å². The second-order valence-corrected chi connectivity index (χ2v) is 3.19. The van der Waals surface area contributed by atoms with Crippen LogP contribution in [-0.4, -0.2) is 17.0 Å². The minimum absolute atomic E-state index is 0.0368. The van der Waals surface area contributed by atoms with Crippen LogP contribution in [0.25, 0.3) is 0 Å². The third kappa shape index (κ3) is 4.96. The van der Waals surface area contributed by atoms with Gasteiger partial charge in [-0.05, 0) is 19.3 Å². The molecule has 0 aliphatic rings. The van der Waals surface area contributed by atoms with Gasteiger partial charge in [-0.25, -0.2) is 0 Å². The fourth-order valence-electron chi connectivity index (χ4n) is 0.802. The molecule has 0 spiro atoms. The topological polar surface area (TPSA) is 37.3 Å². The monoisotopic (exact) mass is 158 g/mol. The van der Waals surface area contributed by atoms with Gasteiger partial charge in [-0.2, -0.15) is 0 Å². The van der Waals surface area contributed by atoms with Gasteiger partial charge >= 0.3 is 0 Å². The van der Waals surface area contributed by atoms with Crippen molar-refractivity contribution in [2.75, 3.05) is 0 Å². The molecule has 0 aromatic rings. The molecule has 0 aliphatic heterocycles. The zero-order valence-corrected chi connectivity index (χ0v) is 7.63. The van der Waals surface area contributed by atoms with Gasteiger partial charge in [-0.15, -0.1) is 0 Å². The first-order chi connectivity index (χ1) is 5.07.